The van der Waals surface area contributed by atoms with Gasteiger partial charge in [0, 0.05) is 78.6 Å². The molecule has 8 nitrogen and oxygen atoms in total. The number of carbonyl (C=O) groups is 1. The summed E-state index contributed by atoms with van der Waals surface area (Å²) in [4.78, 5) is 35.2. The molecule has 224 valence electrons. The predicted molar refractivity (Wildman–Crippen MR) is 164 cm³/mol. The van der Waals surface area contributed by atoms with Crippen molar-refractivity contribution < 1.29 is 18.3 Å². The number of nitrogens with zero attached hydrogens (tertiary/aromatic N) is 4. The standard InChI is InChI=1S/C29H31Cl2F2N5O3S/c1-5-24(39)38-15(2)11-36(12-16(38)3)28-19-8-21(31)25(18-9-22(32)23(33)10-20(18)30)27-26(19)37(29(40)35-28)13-17(14-42-27)34-6-7-41-4/h5,8-10,15-17,34H,1,6-7,11-14H2,2-4H3/t15-,16+,17?. The zero-order valence-electron chi connectivity index (χ0n) is 23.4. The van der Waals surface area contributed by atoms with E-state index in [9.17, 15) is 18.4 Å². The van der Waals surface area contributed by atoms with Gasteiger partial charge < -0.3 is 19.9 Å². The largest absolute Gasteiger partial charge is 0.383 e. The Morgan fingerprint density at radius 1 is 1.17 bits per heavy atom. The summed E-state index contributed by atoms with van der Waals surface area (Å²) < 4.78 is 35.3. The van der Waals surface area contributed by atoms with Gasteiger partial charge in [0.2, 0.25) is 5.91 Å². The van der Waals surface area contributed by atoms with Crippen molar-refractivity contribution in [3.8, 4) is 11.1 Å². The number of nitrogens with one attached hydrogen (secondary N) is 1. The van der Waals surface area contributed by atoms with Crippen LogP contribution in [-0.2, 0) is 16.1 Å². The Hall–Kier alpha value is -2.70. The van der Waals surface area contributed by atoms with Gasteiger partial charge in [0.15, 0.2) is 11.6 Å². The van der Waals surface area contributed by atoms with Crippen LogP contribution in [0.2, 0.25) is 10.0 Å². The average molecular weight is 639 g/mol. The van der Waals surface area contributed by atoms with E-state index in [0.29, 0.717) is 65.7 Å². The highest BCUT2D eigenvalue weighted by molar-refractivity contribution is 7.99. The fourth-order valence-electron chi connectivity index (χ4n) is 5.86. The van der Waals surface area contributed by atoms with Crippen molar-refractivity contribution in [1.82, 2.24) is 19.8 Å². The van der Waals surface area contributed by atoms with Gasteiger partial charge in [-0.1, -0.05) is 29.8 Å². The van der Waals surface area contributed by atoms with Gasteiger partial charge in [-0.3, -0.25) is 9.36 Å². The second-order valence-electron chi connectivity index (χ2n) is 10.5. The van der Waals surface area contributed by atoms with Crippen molar-refractivity contribution in [2.24, 2.45) is 0 Å². The van der Waals surface area contributed by atoms with Gasteiger partial charge in [0.05, 0.1) is 22.2 Å². The molecule has 2 aliphatic heterocycles. The number of anilines is 1. The number of ether oxygens (including phenoxy) is 1. The molecule has 42 heavy (non-hydrogen) atoms. The monoisotopic (exact) mass is 637 g/mol. The SMILES string of the molecule is C=CC(=O)N1[C@H](C)CN(c2nc(=O)n3c4c(c(-c5cc(F)c(F)cc5Cl)c(Cl)cc24)SCC(NCCOC)C3)C[C@@H]1C. The van der Waals surface area contributed by atoms with Gasteiger partial charge >= 0.3 is 5.69 Å². The van der Waals surface area contributed by atoms with Crippen molar-refractivity contribution in [2.75, 3.05) is 44.0 Å². The number of aromatic nitrogens is 2. The maximum atomic E-state index is 14.5. The molecule has 0 aliphatic carbocycles. The summed E-state index contributed by atoms with van der Waals surface area (Å²) in [6, 6.07) is 3.20. The van der Waals surface area contributed by atoms with Crippen molar-refractivity contribution in [3.63, 3.8) is 0 Å². The number of hydrogen-bond acceptors (Lipinski definition) is 7. The highest BCUT2D eigenvalue weighted by atomic mass is 35.5. The molecule has 1 fully saturated rings. The fraction of sp³-hybridized carbons (Fsp3) is 0.414. The summed E-state index contributed by atoms with van der Waals surface area (Å²) in [5.74, 6) is -1.27. The number of thioether (sulfide) groups is 1. The molecule has 1 amide bonds. The molecule has 3 aromatic rings. The van der Waals surface area contributed by atoms with Crippen molar-refractivity contribution in [1.29, 1.82) is 0 Å². The van der Waals surface area contributed by atoms with E-state index in [4.69, 9.17) is 27.9 Å². The summed E-state index contributed by atoms with van der Waals surface area (Å²) in [6.45, 7) is 9.78. The van der Waals surface area contributed by atoms with Crippen LogP contribution in [0.1, 0.15) is 13.8 Å². The molecule has 0 radical (unpaired) electrons. The lowest BCUT2D eigenvalue weighted by Crippen LogP contribution is -2.58. The maximum absolute atomic E-state index is 14.5. The van der Waals surface area contributed by atoms with Gasteiger partial charge in [-0.2, -0.15) is 4.98 Å². The molecule has 0 saturated carbocycles. The maximum Gasteiger partial charge on any atom is 0.350 e. The fourth-order valence-corrected chi connectivity index (χ4v) is 7.78. The predicted octanol–water partition coefficient (Wildman–Crippen LogP) is 4.97. The van der Waals surface area contributed by atoms with Crippen LogP contribution in [0.4, 0.5) is 14.6 Å². The Labute approximate surface area is 256 Å². The van der Waals surface area contributed by atoms with Gasteiger partial charge in [-0.25, -0.2) is 13.6 Å². The quantitative estimate of drug-likeness (QED) is 0.223. The number of benzene rings is 2. The third-order valence-electron chi connectivity index (χ3n) is 7.65. The minimum atomic E-state index is -1.07. The van der Waals surface area contributed by atoms with Crippen LogP contribution >= 0.6 is 35.0 Å². The Kier molecular flexibility index (Phi) is 9.15. The summed E-state index contributed by atoms with van der Waals surface area (Å²) in [7, 11) is 1.62. The number of carbonyl (C=O) groups excluding carboxylic acids is 1. The molecule has 3 heterocycles. The van der Waals surface area contributed by atoms with Gasteiger partial charge in [-0.05, 0) is 38.1 Å². The van der Waals surface area contributed by atoms with Crippen LogP contribution in [0.15, 0.2) is 40.5 Å². The van der Waals surface area contributed by atoms with Crippen LogP contribution in [0.3, 0.4) is 0 Å². The van der Waals surface area contributed by atoms with Crippen molar-refractivity contribution >= 4 is 57.6 Å². The topological polar surface area (TPSA) is 79.7 Å². The van der Waals surface area contributed by atoms with Gasteiger partial charge in [-0.15, -0.1) is 11.8 Å². The number of methoxy groups -OCH3 is 1. The zero-order valence-corrected chi connectivity index (χ0v) is 25.8. The van der Waals surface area contributed by atoms with Crippen LogP contribution in [0.5, 0.6) is 0 Å². The normalized spacial score (nSPS) is 20.6. The Morgan fingerprint density at radius 2 is 1.86 bits per heavy atom. The molecule has 3 atom stereocenters. The Bertz CT molecular complexity index is 1610. The molecule has 0 spiro atoms. The van der Waals surface area contributed by atoms with E-state index in [1.165, 1.54) is 17.8 Å². The van der Waals surface area contributed by atoms with E-state index in [-0.39, 0.29) is 39.6 Å². The summed E-state index contributed by atoms with van der Waals surface area (Å²) in [6.07, 6.45) is 1.30. The zero-order chi connectivity index (χ0) is 30.3. The average Bonchev–Trinajstić information content (AvgIpc) is 3.13. The van der Waals surface area contributed by atoms with Crippen LogP contribution < -0.4 is 15.9 Å². The molecule has 0 bridgehead atoms. The van der Waals surface area contributed by atoms with E-state index < -0.39 is 17.3 Å². The van der Waals surface area contributed by atoms with E-state index in [2.05, 4.69) is 16.9 Å². The van der Waals surface area contributed by atoms with Gasteiger partial charge in [0.25, 0.3) is 0 Å². The minimum Gasteiger partial charge on any atom is -0.383 e. The van der Waals surface area contributed by atoms with E-state index in [1.807, 2.05) is 18.7 Å². The Morgan fingerprint density at radius 3 is 2.52 bits per heavy atom. The minimum absolute atomic E-state index is 0.000139. The molecule has 2 aromatic carbocycles. The summed E-state index contributed by atoms with van der Waals surface area (Å²) >= 11 is 14.8. The summed E-state index contributed by atoms with van der Waals surface area (Å²) in [5.41, 5.74) is 0.793. The molecule has 5 rings (SSSR count). The van der Waals surface area contributed by atoms with E-state index in [1.54, 1.807) is 22.6 Å². The number of piperazine rings is 1. The number of amides is 1. The molecular formula is C29H31Cl2F2N5O3S. The molecule has 1 saturated heterocycles. The lowest BCUT2D eigenvalue weighted by atomic mass is 10.0. The lowest BCUT2D eigenvalue weighted by Gasteiger charge is -2.44. The van der Waals surface area contributed by atoms with Crippen LogP contribution in [0.25, 0.3) is 22.0 Å². The van der Waals surface area contributed by atoms with E-state index >= 15 is 0 Å². The molecule has 1 aromatic heterocycles. The smallest absolute Gasteiger partial charge is 0.350 e. The number of hydrogen-bond donors (Lipinski definition) is 1. The molecule has 2 aliphatic rings. The van der Waals surface area contributed by atoms with Crippen molar-refractivity contribution in [3.05, 3.63) is 63.0 Å². The third kappa shape index (κ3) is 5.65. The first-order valence-corrected chi connectivity index (χ1v) is 15.3. The molecule has 1 unspecified atom stereocenters. The first kappa shape index (κ1) is 30.7. The van der Waals surface area contributed by atoms with Gasteiger partial charge in [0.1, 0.15) is 5.82 Å². The molecule has 1 N–H and O–H groups in total. The van der Waals surface area contributed by atoms with Crippen LogP contribution in [-0.4, -0.2) is 77.6 Å². The number of halogens is 4. The first-order valence-electron chi connectivity index (χ1n) is 13.5. The second kappa shape index (κ2) is 12.5. The molecular weight excluding hydrogens is 607 g/mol. The highest BCUT2D eigenvalue weighted by Gasteiger charge is 2.35. The third-order valence-corrected chi connectivity index (χ3v) is 9.51. The highest BCUT2D eigenvalue weighted by Crippen LogP contribution is 2.47. The van der Waals surface area contributed by atoms with E-state index in [0.717, 1.165) is 12.1 Å². The Balaban J connectivity index is 1.72. The van der Waals surface area contributed by atoms with Crippen molar-refractivity contribution in [2.45, 2.75) is 43.4 Å². The number of rotatable bonds is 7. The van der Waals surface area contributed by atoms with Crippen LogP contribution in [0, 0.1) is 11.6 Å². The lowest BCUT2D eigenvalue weighted by molar-refractivity contribution is -0.130. The first-order chi connectivity index (χ1) is 20.0. The molecule has 13 heteroatoms. The second-order valence-corrected chi connectivity index (χ2v) is 12.4. The summed E-state index contributed by atoms with van der Waals surface area (Å²) in [5, 5.41) is 4.33.